The van der Waals surface area contributed by atoms with Crippen LogP contribution in [0.3, 0.4) is 0 Å². The normalized spacial score (nSPS) is 13.5. The van der Waals surface area contributed by atoms with Crippen LogP contribution in [0.2, 0.25) is 0 Å². The Morgan fingerprint density at radius 1 is 1.48 bits per heavy atom. The fourth-order valence-corrected chi connectivity index (χ4v) is 2.45. The van der Waals surface area contributed by atoms with Crippen LogP contribution < -0.4 is 5.56 Å². The van der Waals surface area contributed by atoms with Crippen LogP contribution in [0.25, 0.3) is 11.3 Å². The average Bonchev–Trinajstić information content (AvgIpc) is 3.40. The van der Waals surface area contributed by atoms with E-state index in [1.165, 1.54) is 24.3 Å². The third-order valence-electron chi connectivity index (χ3n) is 3.79. The van der Waals surface area contributed by atoms with Gasteiger partial charge in [-0.25, -0.2) is 9.48 Å². The molecule has 0 aliphatic heterocycles. The first-order valence-electron chi connectivity index (χ1n) is 7.71. The number of carbonyl (C=O) groups excluding carboxylic acids is 1. The summed E-state index contributed by atoms with van der Waals surface area (Å²) in [5, 5.41) is 25.5. The van der Waals surface area contributed by atoms with Crippen LogP contribution in [0.4, 0.5) is 5.69 Å². The maximum Gasteiger partial charge on any atom is 0.347 e. The Balaban J connectivity index is 2.23. The van der Waals surface area contributed by atoms with Gasteiger partial charge in [-0.15, -0.1) is 0 Å². The van der Waals surface area contributed by atoms with E-state index in [1.54, 1.807) is 6.92 Å². The highest BCUT2D eigenvalue weighted by molar-refractivity contribution is 5.94. The highest BCUT2D eigenvalue weighted by Crippen LogP contribution is 2.36. The molecule has 1 aliphatic rings. The molecule has 1 fully saturated rings. The van der Waals surface area contributed by atoms with E-state index in [1.807, 2.05) is 0 Å². The van der Waals surface area contributed by atoms with Crippen LogP contribution in [-0.4, -0.2) is 32.4 Å². The Morgan fingerprint density at radius 2 is 2.20 bits per heavy atom. The topological polar surface area (TPSA) is 125 Å². The summed E-state index contributed by atoms with van der Waals surface area (Å²) in [5.74, 6) is -1.59. The molecule has 1 aromatic carbocycles. The van der Waals surface area contributed by atoms with Gasteiger partial charge in [-0.1, -0.05) is 12.1 Å². The maximum absolute atomic E-state index is 12.5. The van der Waals surface area contributed by atoms with E-state index in [-0.39, 0.29) is 29.6 Å². The molecular formula is C16H15N3O6. The van der Waals surface area contributed by atoms with Crippen molar-refractivity contribution < 1.29 is 19.6 Å². The second-order valence-corrected chi connectivity index (χ2v) is 5.58. The van der Waals surface area contributed by atoms with Gasteiger partial charge in [0.05, 0.1) is 17.6 Å². The third kappa shape index (κ3) is 3.08. The molecule has 0 spiro atoms. The van der Waals surface area contributed by atoms with Gasteiger partial charge in [0.1, 0.15) is 5.69 Å². The lowest BCUT2D eigenvalue weighted by Gasteiger charge is -2.12. The van der Waals surface area contributed by atoms with Crippen molar-refractivity contribution >= 4 is 11.7 Å². The molecule has 0 atom stereocenters. The lowest BCUT2D eigenvalue weighted by molar-refractivity contribution is -0.384. The molecule has 0 radical (unpaired) electrons. The fraction of sp³-hybridized carbons (Fsp3) is 0.312. The summed E-state index contributed by atoms with van der Waals surface area (Å²) < 4.78 is 5.99. The van der Waals surface area contributed by atoms with Gasteiger partial charge >= 0.3 is 5.97 Å². The van der Waals surface area contributed by atoms with Crippen LogP contribution in [0.1, 0.15) is 36.2 Å². The summed E-state index contributed by atoms with van der Waals surface area (Å²) in [6, 6.07) is 5.30. The Hall–Kier alpha value is -3.23. The quantitative estimate of drug-likeness (QED) is 0.499. The number of aromatic nitrogens is 2. The van der Waals surface area contributed by atoms with Gasteiger partial charge < -0.3 is 9.84 Å². The highest BCUT2D eigenvalue weighted by atomic mass is 16.6. The molecule has 1 N–H and O–H groups in total. The second kappa shape index (κ2) is 6.34. The second-order valence-electron chi connectivity index (χ2n) is 5.58. The molecule has 1 aromatic heterocycles. The van der Waals surface area contributed by atoms with Gasteiger partial charge in [-0.05, 0) is 19.8 Å². The monoisotopic (exact) mass is 345 g/mol. The predicted octanol–water partition coefficient (Wildman–Crippen LogP) is 2.04. The number of aromatic hydroxyl groups is 1. The number of hydrogen-bond donors (Lipinski definition) is 1. The van der Waals surface area contributed by atoms with Gasteiger partial charge in [0, 0.05) is 17.7 Å². The first-order valence-corrected chi connectivity index (χ1v) is 7.71. The number of non-ortho nitro benzene ring substituents is 1. The molecular weight excluding hydrogens is 330 g/mol. The van der Waals surface area contributed by atoms with Crippen molar-refractivity contribution in [1.29, 1.82) is 0 Å². The number of nitrogens with zero attached hydrogens (tertiary/aromatic N) is 3. The largest absolute Gasteiger partial charge is 0.505 e. The van der Waals surface area contributed by atoms with Crippen molar-refractivity contribution in [3.8, 4) is 17.0 Å². The van der Waals surface area contributed by atoms with E-state index in [9.17, 15) is 24.8 Å². The predicted molar refractivity (Wildman–Crippen MR) is 86.5 cm³/mol. The summed E-state index contributed by atoms with van der Waals surface area (Å²) >= 11 is 0. The van der Waals surface area contributed by atoms with Crippen molar-refractivity contribution in [1.82, 2.24) is 9.78 Å². The minimum atomic E-state index is -0.950. The average molecular weight is 345 g/mol. The number of nitro benzene ring substituents is 1. The zero-order valence-corrected chi connectivity index (χ0v) is 13.3. The van der Waals surface area contributed by atoms with Gasteiger partial charge in [-0.2, -0.15) is 5.10 Å². The smallest absolute Gasteiger partial charge is 0.347 e. The first-order chi connectivity index (χ1) is 11.9. The Bertz CT molecular complexity index is 917. The van der Waals surface area contributed by atoms with Gasteiger partial charge in [-0.3, -0.25) is 14.9 Å². The first kappa shape index (κ1) is 16.6. The molecule has 0 saturated heterocycles. The Labute approximate surface area is 141 Å². The SMILES string of the molecule is CCOC(=O)c1c(O)c(-c2cccc([N+](=O)[O-])c2)nn(C2CC2)c1=O. The zero-order chi connectivity index (χ0) is 18.1. The number of nitro groups is 1. The molecule has 2 aromatic rings. The summed E-state index contributed by atoms with van der Waals surface area (Å²) in [6.07, 6.45) is 1.46. The summed E-state index contributed by atoms with van der Waals surface area (Å²) in [5.41, 5.74) is -1.27. The van der Waals surface area contributed by atoms with Crippen molar-refractivity contribution in [3.63, 3.8) is 0 Å². The van der Waals surface area contributed by atoms with E-state index in [0.717, 1.165) is 17.5 Å². The van der Waals surface area contributed by atoms with Crippen LogP contribution in [0, 0.1) is 10.1 Å². The van der Waals surface area contributed by atoms with Gasteiger partial charge in [0.25, 0.3) is 11.2 Å². The number of esters is 1. The lowest BCUT2D eigenvalue weighted by Crippen LogP contribution is -2.29. The van der Waals surface area contributed by atoms with Crippen molar-refractivity contribution in [3.05, 3.63) is 50.3 Å². The van der Waals surface area contributed by atoms with Crippen LogP contribution in [0.15, 0.2) is 29.1 Å². The maximum atomic E-state index is 12.5. The lowest BCUT2D eigenvalue weighted by atomic mass is 10.1. The molecule has 0 amide bonds. The number of hydrogen-bond acceptors (Lipinski definition) is 7. The number of benzene rings is 1. The molecule has 9 heteroatoms. The Morgan fingerprint density at radius 3 is 2.80 bits per heavy atom. The van der Waals surface area contributed by atoms with E-state index >= 15 is 0 Å². The molecule has 3 rings (SSSR count). The Kier molecular flexibility index (Phi) is 4.22. The van der Waals surface area contributed by atoms with Gasteiger partial charge in [0.15, 0.2) is 11.3 Å². The minimum absolute atomic E-state index is 0.0373. The van der Waals surface area contributed by atoms with Crippen LogP contribution in [0.5, 0.6) is 5.75 Å². The molecule has 0 unspecified atom stereocenters. The minimum Gasteiger partial charge on any atom is -0.505 e. The third-order valence-corrected chi connectivity index (χ3v) is 3.79. The van der Waals surface area contributed by atoms with Crippen LogP contribution in [-0.2, 0) is 4.74 Å². The van der Waals surface area contributed by atoms with Crippen LogP contribution >= 0.6 is 0 Å². The van der Waals surface area contributed by atoms with E-state index in [4.69, 9.17) is 4.74 Å². The molecule has 1 aliphatic carbocycles. The molecule has 9 nitrogen and oxygen atoms in total. The summed E-state index contributed by atoms with van der Waals surface area (Å²) in [6.45, 7) is 1.62. The molecule has 25 heavy (non-hydrogen) atoms. The van der Waals surface area contributed by atoms with Crippen molar-refractivity contribution in [2.75, 3.05) is 6.61 Å². The van der Waals surface area contributed by atoms with E-state index in [0.29, 0.717) is 0 Å². The van der Waals surface area contributed by atoms with Gasteiger partial charge in [0.2, 0.25) is 0 Å². The van der Waals surface area contributed by atoms with E-state index in [2.05, 4.69) is 5.10 Å². The van der Waals surface area contributed by atoms with Crippen molar-refractivity contribution in [2.45, 2.75) is 25.8 Å². The highest BCUT2D eigenvalue weighted by Gasteiger charge is 2.32. The summed E-state index contributed by atoms with van der Waals surface area (Å²) in [4.78, 5) is 35.0. The number of rotatable bonds is 5. The number of ether oxygens (including phenoxy) is 1. The molecule has 1 saturated carbocycles. The van der Waals surface area contributed by atoms with E-state index < -0.39 is 27.8 Å². The molecule has 1 heterocycles. The van der Waals surface area contributed by atoms with Crippen molar-refractivity contribution in [2.24, 2.45) is 0 Å². The fourth-order valence-electron chi connectivity index (χ4n) is 2.45. The molecule has 130 valence electrons. The zero-order valence-electron chi connectivity index (χ0n) is 13.3. The number of carbonyl (C=O) groups is 1. The standard InChI is InChI=1S/C16H15N3O6/c1-2-25-16(22)12-14(20)13(17-18(15(12)21)10-6-7-10)9-4-3-5-11(8-9)19(23)24/h3-5,8,10,20H,2,6-7H2,1H3. The molecule has 0 bridgehead atoms. The summed E-state index contributed by atoms with van der Waals surface area (Å²) in [7, 11) is 0.